The van der Waals surface area contributed by atoms with Crippen LogP contribution in [0.1, 0.15) is 17.1 Å². The van der Waals surface area contributed by atoms with E-state index in [4.69, 9.17) is 0 Å². The zero-order valence-corrected chi connectivity index (χ0v) is 14.9. The molecule has 1 amide bonds. The lowest BCUT2D eigenvalue weighted by Crippen LogP contribution is -2.54. The van der Waals surface area contributed by atoms with Crippen LogP contribution in [0.2, 0.25) is 0 Å². The summed E-state index contributed by atoms with van der Waals surface area (Å²) >= 11 is 1.62. The molecule has 0 aliphatic carbocycles. The number of β-amino-alcohol motifs (C(OH)–C–C–N with tert-alkyl or cyclic N) is 1. The van der Waals surface area contributed by atoms with E-state index in [0.717, 1.165) is 17.2 Å². The van der Waals surface area contributed by atoms with Gasteiger partial charge >= 0.3 is 0 Å². The monoisotopic (exact) mass is 362 g/mol. The number of hydrogen-bond acceptors (Lipinski definition) is 6. The maximum Gasteiger partial charge on any atom is 0.250 e. The fourth-order valence-electron chi connectivity index (χ4n) is 3.02. The summed E-state index contributed by atoms with van der Waals surface area (Å²) in [4.78, 5) is 30.4. The summed E-state index contributed by atoms with van der Waals surface area (Å²) in [6, 6.07) is 4.48. The first-order chi connectivity index (χ1) is 12.0. The third kappa shape index (κ3) is 4.75. The molecule has 25 heavy (non-hydrogen) atoms. The molecule has 2 N–H and O–H groups in total. The topological polar surface area (TPSA) is 87.5 Å². The fourth-order valence-corrected chi connectivity index (χ4v) is 3.62. The maximum atomic E-state index is 12.1. The fraction of sp³-hybridized carbons (Fsp3) is 0.471. The van der Waals surface area contributed by atoms with Crippen LogP contribution in [-0.2, 0) is 17.9 Å². The van der Waals surface area contributed by atoms with Gasteiger partial charge in [0.25, 0.3) is 5.56 Å². The van der Waals surface area contributed by atoms with Crippen molar-refractivity contribution in [2.75, 3.05) is 13.1 Å². The van der Waals surface area contributed by atoms with Gasteiger partial charge in [-0.15, -0.1) is 11.3 Å². The summed E-state index contributed by atoms with van der Waals surface area (Å²) in [5.41, 5.74) is 0.798. The Hall–Kier alpha value is -2.03. The second-order valence-electron chi connectivity index (χ2n) is 6.29. The summed E-state index contributed by atoms with van der Waals surface area (Å²) in [6.45, 7) is 3.92. The highest BCUT2D eigenvalue weighted by atomic mass is 32.1. The molecule has 7 nitrogen and oxygen atoms in total. The van der Waals surface area contributed by atoms with Gasteiger partial charge in [0.1, 0.15) is 6.54 Å². The second kappa shape index (κ2) is 7.90. The Labute approximate surface area is 149 Å². The smallest absolute Gasteiger partial charge is 0.250 e. The predicted molar refractivity (Wildman–Crippen MR) is 95.4 cm³/mol. The van der Waals surface area contributed by atoms with Gasteiger partial charge in [-0.05, 0) is 19.4 Å². The van der Waals surface area contributed by atoms with Gasteiger partial charge in [0.05, 0.1) is 22.8 Å². The number of aryl methyl sites for hydroxylation is 1. The summed E-state index contributed by atoms with van der Waals surface area (Å²) in [5.74, 6) is -0.263. The minimum atomic E-state index is -0.634. The van der Waals surface area contributed by atoms with Gasteiger partial charge in [0, 0.05) is 37.3 Å². The predicted octanol–water partition coefficient (Wildman–Crippen LogP) is 0.365. The summed E-state index contributed by atoms with van der Waals surface area (Å²) in [7, 11) is 0. The van der Waals surface area contributed by atoms with Crippen LogP contribution in [-0.4, -0.2) is 50.7 Å². The number of carbonyl (C=O) groups excluding carboxylic acids is 1. The van der Waals surface area contributed by atoms with Crippen LogP contribution in [0.5, 0.6) is 0 Å². The molecular formula is C17H22N4O3S. The lowest BCUT2D eigenvalue weighted by atomic mass is 10.0. The molecule has 0 bridgehead atoms. The molecule has 0 saturated carbocycles. The van der Waals surface area contributed by atoms with Gasteiger partial charge in [-0.3, -0.25) is 14.5 Å². The Balaban J connectivity index is 1.50. The minimum Gasteiger partial charge on any atom is -0.390 e. The van der Waals surface area contributed by atoms with Gasteiger partial charge < -0.3 is 15.0 Å². The number of nitrogens with one attached hydrogen (secondary N) is 1. The highest BCUT2D eigenvalue weighted by molar-refractivity contribution is 7.09. The van der Waals surface area contributed by atoms with Crippen LogP contribution in [0.25, 0.3) is 0 Å². The zero-order valence-electron chi connectivity index (χ0n) is 14.1. The van der Waals surface area contributed by atoms with E-state index in [1.54, 1.807) is 29.7 Å². The van der Waals surface area contributed by atoms with Gasteiger partial charge in [0.15, 0.2) is 0 Å². The molecule has 3 heterocycles. The SMILES string of the molecule is Cc1nc(CN2CC[C@@H](NC(=O)Cn3ccccc3=O)[C@H](O)C2)cs1. The molecule has 2 atom stereocenters. The number of pyridine rings is 1. The molecule has 0 spiro atoms. The van der Waals surface area contributed by atoms with E-state index >= 15 is 0 Å². The Morgan fingerprint density at radius 2 is 2.32 bits per heavy atom. The number of carbonyl (C=O) groups is 1. The Bertz CT molecular complexity index is 788. The van der Waals surface area contributed by atoms with Gasteiger partial charge in [-0.1, -0.05) is 6.07 Å². The first-order valence-corrected chi connectivity index (χ1v) is 9.15. The average Bonchev–Trinajstić information content (AvgIpc) is 2.97. The zero-order chi connectivity index (χ0) is 17.8. The Morgan fingerprint density at radius 3 is 3.00 bits per heavy atom. The third-order valence-corrected chi connectivity index (χ3v) is 5.10. The first-order valence-electron chi connectivity index (χ1n) is 8.27. The Morgan fingerprint density at radius 1 is 1.48 bits per heavy atom. The molecule has 0 radical (unpaired) electrons. The standard InChI is InChI=1S/C17H22N4O3S/c1-12-18-13(11-25-12)8-20-7-5-14(15(22)9-20)19-16(23)10-21-6-3-2-4-17(21)24/h2-4,6,11,14-15,22H,5,7-10H2,1H3,(H,19,23)/t14-,15-/m1/s1. The van der Waals surface area contributed by atoms with Crippen LogP contribution < -0.4 is 10.9 Å². The second-order valence-corrected chi connectivity index (χ2v) is 7.35. The van der Waals surface area contributed by atoms with Crippen molar-refractivity contribution in [1.29, 1.82) is 0 Å². The van der Waals surface area contributed by atoms with Crippen molar-refractivity contribution in [1.82, 2.24) is 19.8 Å². The molecule has 3 rings (SSSR count). The third-order valence-electron chi connectivity index (χ3n) is 4.28. The van der Waals surface area contributed by atoms with E-state index < -0.39 is 6.10 Å². The minimum absolute atomic E-state index is 0.0370. The van der Waals surface area contributed by atoms with Crippen molar-refractivity contribution < 1.29 is 9.90 Å². The summed E-state index contributed by atoms with van der Waals surface area (Å²) < 4.78 is 1.35. The number of piperidine rings is 1. The molecule has 1 saturated heterocycles. The Kier molecular flexibility index (Phi) is 5.62. The maximum absolute atomic E-state index is 12.1. The highest BCUT2D eigenvalue weighted by Gasteiger charge is 2.29. The number of rotatable bonds is 5. The molecular weight excluding hydrogens is 340 g/mol. The number of aromatic nitrogens is 2. The summed E-state index contributed by atoms with van der Waals surface area (Å²) in [6.07, 6.45) is 1.61. The van der Waals surface area contributed by atoms with Crippen molar-refractivity contribution in [3.8, 4) is 0 Å². The number of aliphatic hydroxyl groups is 1. The molecule has 2 aromatic rings. The van der Waals surface area contributed by atoms with Crippen molar-refractivity contribution in [3.05, 3.63) is 50.8 Å². The van der Waals surface area contributed by atoms with E-state index in [2.05, 4.69) is 15.2 Å². The van der Waals surface area contributed by atoms with Crippen molar-refractivity contribution in [2.24, 2.45) is 0 Å². The molecule has 1 fully saturated rings. The molecule has 0 unspecified atom stereocenters. The first kappa shape index (κ1) is 17.8. The van der Waals surface area contributed by atoms with Crippen LogP contribution in [0.15, 0.2) is 34.6 Å². The van der Waals surface area contributed by atoms with Crippen LogP contribution >= 0.6 is 11.3 Å². The quantitative estimate of drug-likeness (QED) is 0.802. The number of nitrogens with zero attached hydrogens (tertiary/aromatic N) is 3. The van der Waals surface area contributed by atoms with E-state index in [9.17, 15) is 14.7 Å². The lowest BCUT2D eigenvalue weighted by molar-refractivity contribution is -0.124. The number of likely N-dealkylation sites (tertiary alicyclic amines) is 1. The van der Waals surface area contributed by atoms with Crippen LogP contribution in [0, 0.1) is 6.92 Å². The number of hydrogen-bond donors (Lipinski definition) is 2. The lowest BCUT2D eigenvalue weighted by Gasteiger charge is -2.36. The molecule has 2 aromatic heterocycles. The van der Waals surface area contributed by atoms with Crippen LogP contribution in [0.4, 0.5) is 0 Å². The molecule has 134 valence electrons. The van der Waals surface area contributed by atoms with Crippen molar-refractivity contribution >= 4 is 17.2 Å². The largest absolute Gasteiger partial charge is 0.390 e. The molecule has 1 aliphatic heterocycles. The van der Waals surface area contributed by atoms with E-state index in [1.807, 2.05) is 12.3 Å². The number of amides is 1. The normalized spacial score (nSPS) is 21.2. The van der Waals surface area contributed by atoms with Gasteiger partial charge in [-0.25, -0.2) is 4.98 Å². The molecule has 1 aliphatic rings. The summed E-state index contributed by atoms with van der Waals surface area (Å²) in [5, 5.41) is 16.3. The van der Waals surface area contributed by atoms with Crippen molar-refractivity contribution in [2.45, 2.75) is 38.6 Å². The van der Waals surface area contributed by atoms with Gasteiger partial charge in [0.2, 0.25) is 5.91 Å². The van der Waals surface area contributed by atoms with Crippen LogP contribution in [0.3, 0.4) is 0 Å². The number of aliphatic hydroxyl groups excluding tert-OH is 1. The number of thiazole rings is 1. The van der Waals surface area contributed by atoms with Gasteiger partial charge in [-0.2, -0.15) is 0 Å². The van der Waals surface area contributed by atoms with E-state index in [0.29, 0.717) is 19.5 Å². The molecule has 8 heteroatoms. The highest BCUT2D eigenvalue weighted by Crippen LogP contribution is 2.16. The molecule has 0 aromatic carbocycles. The van der Waals surface area contributed by atoms with Crippen molar-refractivity contribution in [3.63, 3.8) is 0 Å². The van der Waals surface area contributed by atoms with E-state index in [-0.39, 0.29) is 24.1 Å². The van der Waals surface area contributed by atoms with E-state index in [1.165, 1.54) is 10.6 Å². The average molecular weight is 362 g/mol.